The van der Waals surface area contributed by atoms with Crippen molar-refractivity contribution in [1.82, 2.24) is 0 Å². The van der Waals surface area contributed by atoms with Crippen molar-refractivity contribution >= 4 is 23.3 Å². The summed E-state index contributed by atoms with van der Waals surface area (Å²) in [5.74, 6) is -1.14. The number of anilines is 1. The molecule has 3 rings (SSSR count). The van der Waals surface area contributed by atoms with Crippen LogP contribution < -0.4 is 14.8 Å². The summed E-state index contributed by atoms with van der Waals surface area (Å²) in [5.41, 5.74) is -0.246. The number of fused-ring (bicyclic) bond motifs is 1. The highest BCUT2D eigenvalue weighted by atomic mass is 16.7. The monoisotopic (exact) mass is 372 g/mol. The number of amides is 1. The van der Waals surface area contributed by atoms with Crippen molar-refractivity contribution in [1.29, 1.82) is 0 Å². The van der Waals surface area contributed by atoms with E-state index in [0.717, 1.165) is 6.07 Å². The molecule has 9 heteroatoms. The first kappa shape index (κ1) is 18.2. The van der Waals surface area contributed by atoms with Gasteiger partial charge in [0.15, 0.2) is 17.6 Å². The molecule has 1 amide bonds. The number of ether oxygens (including phenoxy) is 3. The fraction of sp³-hybridized carbons (Fsp3) is 0.222. The van der Waals surface area contributed by atoms with E-state index in [9.17, 15) is 19.7 Å². The van der Waals surface area contributed by atoms with Crippen molar-refractivity contribution in [3.63, 3.8) is 0 Å². The second-order valence-corrected chi connectivity index (χ2v) is 5.64. The van der Waals surface area contributed by atoms with Gasteiger partial charge in [-0.15, -0.1) is 0 Å². The molecule has 0 saturated heterocycles. The molecule has 27 heavy (non-hydrogen) atoms. The van der Waals surface area contributed by atoms with E-state index in [-0.39, 0.29) is 30.3 Å². The zero-order valence-corrected chi connectivity index (χ0v) is 14.3. The number of esters is 1. The van der Waals surface area contributed by atoms with Gasteiger partial charge in [-0.1, -0.05) is 25.1 Å². The van der Waals surface area contributed by atoms with Crippen LogP contribution in [0.15, 0.2) is 42.5 Å². The molecule has 1 N–H and O–H groups in total. The van der Waals surface area contributed by atoms with E-state index < -0.39 is 28.6 Å². The van der Waals surface area contributed by atoms with Crippen molar-refractivity contribution in [2.24, 2.45) is 0 Å². The van der Waals surface area contributed by atoms with E-state index in [1.165, 1.54) is 6.07 Å². The number of nitro benzene ring substituents is 1. The summed E-state index contributed by atoms with van der Waals surface area (Å²) in [6, 6.07) is 11.0. The Morgan fingerprint density at radius 3 is 2.52 bits per heavy atom. The Hall–Kier alpha value is -3.62. The number of hydrogen-bond acceptors (Lipinski definition) is 7. The molecule has 0 radical (unpaired) electrons. The topological polar surface area (TPSA) is 117 Å². The third kappa shape index (κ3) is 3.97. The molecule has 9 nitrogen and oxygen atoms in total. The molecule has 1 unspecified atom stereocenters. The van der Waals surface area contributed by atoms with E-state index >= 15 is 0 Å². The second kappa shape index (κ2) is 7.73. The number of hydrogen-bond donors (Lipinski definition) is 1. The molecule has 1 heterocycles. The van der Waals surface area contributed by atoms with Crippen molar-refractivity contribution in [3.05, 3.63) is 58.1 Å². The number of carbonyl (C=O) groups excluding carboxylic acids is 2. The number of carbonyl (C=O) groups is 2. The summed E-state index contributed by atoms with van der Waals surface area (Å²) in [5, 5.41) is 13.9. The van der Waals surface area contributed by atoms with Crippen LogP contribution in [0.5, 0.6) is 11.5 Å². The quantitative estimate of drug-likeness (QED) is 0.471. The van der Waals surface area contributed by atoms with Crippen molar-refractivity contribution in [3.8, 4) is 11.5 Å². The lowest BCUT2D eigenvalue weighted by atomic mass is 10.1. The van der Waals surface area contributed by atoms with Crippen molar-refractivity contribution in [2.75, 3.05) is 12.1 Å². The Morgan fingerprint density at radius 1 is 1.22 bits per heavy atom. The van der Waals surface area contributed by atoms with Gasteiger partial charge in [-0.05, 0) is 18.6 Å². The predicted octanol–water partition coefficient (Wildman–Crippen LogP) is 2.90. The number of rotatable bonds is 6. The molecule has 0 fully saturated rings. The number of nitro groups is 1. The van der Waals surface area contributed by atoms with Gasteiger partial charge >= 0.3 is 5.97 Å². The van der Waals surface area contributed by atoms with Crippen LogP contribution in [0.1, 0.15) is 23.7 Å². The minimum Gasteiger partial charge on any atom is -0.454 e. The van der Waals surface area contributed by atoms with Gasteiger partial charge in [-0.2, -0.15) is 0 Å². The molecule has 0 spiro atoms. The molecule has 1 aliphatic rings. The third-order valence-corrected chi connectivity index (χ3v) is 3.86. The molecule has 0 bridgehead atoms. The standard InChI is InChI=1S/C18H16N2O7/c1-2-14(17(21)19-11-6-4-3-5-7-11)27-18(22)12-8-15-16(26-10-25-15)9-13(12)20(23)24/h3-9,14H,2,10H2,1H3,(H,19,21). The molecule has 0 aromatic heterocycles. The molecule has 2 aromatic rings. The first-order valence-corrected chi connectivity index (χ1v) is 8.14. The molecular formula is C18H16N2O7. The Bertz CT molecular complexity index is 883. The van der Waals surface area contributed by atoms with E-state index in [1.807, 2.05) is 0 Å². The average molecular weight is 372 g/mol. The van der Waals surface area contributed by atoms with Crippen LogP contribution in [0.4, 0.5) is 11.4 Å². The van der Waals surface area contributed by atoms with Crippen LogP contribution in [-0.2, 0) is 9.53 Å². The van der Waals surface area contributed by atoms with Gasteiger partial charge in [-0.25, -0.2) is 4.79 Å². The van der Waals surface area contributed by atoms with Crippen LogP contribution in [0, 0.1) is 10.1 Å². The summed E-state index contributed by atoms with van der Waals surface area (Å²) in [7, 11) is 0. The Labute approximate surface area is 154 Å². The molecule has 0 saturated carbocycles. The fourth-order valence-corrected chi connectivity index (χ4v) is 2.50. The zero-order chi connectivity index (χ0) is 19.4. The first-order chi connectivity index (χ1) is 13.0. The lowest BCUT2D eigenvalue weighted by Crippen LogP contribution is -2.32. The van der Waals surface area contributed by atoms with E-state index in [1.54, 1.807) is 37.3 Å². The minimum absolute atomic E-state index is 0.0952. The van der Waals surface area contributed by atoms with Gasteiger partial charge < -0.3 is 19.5 Å². The van der Waals surface area contributed by atoms with Gasteiger partial charge in [0.05, 0.1) is 11.0 Å². The van der Waals surface area contributed by atoms with Crippen LogP contribution in [0.2, 0.25) is 0 Å². The Morgan fingerprint density at radius 2 is 1.89 bits per heavy atom. The fourth-order valence-electron chi connectivity index (χ4n) is 2.50. The van der Waals surface area contributed by atoms with Crippen LogP contribution in [0.25, 0.3) is 0 Å². The summed E-state index contributed by atoms with van der Waals surface area (Å²) < 4.78 is 15.5. The number of nitrogens with one attached hydrogen (secondary N) is 1. The highest BCUT2D eigenvalue weighted by molar-refractivity contribution is 5.99. The maximum atomic E-state index is 12.5. The minimum atomic E-state index is -1.11. The van der Waals surface area contributed by atoms with Gasteiger partial charge in [0, 0.05) is 11.8 Å². The molecule has 2 aromatic carbocycles. The van der Waals surface area contributed by atoms with Gasteiger partial charge in [0.1, 0.15) is 5.56 Å². The normalized spacial score (nSPS) is 12.9. The number of nitrogens with zero attached hydrogens (tertiary/aromatic N) is 1. The van der Waals surface area contributed by atoms with Crippen LogP contribution >= 0.6 is 0 Å². The van der Waals surface area contributed by atoms with Crippen molar-refractivity contribution in [2.45, 2.75) is 19.4 Å². The van der Waals surface area contributed by atoms with Crippen LogP contribution in [-0.4, -0.2) is 29.7 Å². The smallest absolute Gasteiger partial charge is 0.346 e. The van der Waals surface area contributed by atoms with Gasteiger partial charge in [0.2, 0.25) is 6.79 Å². The summed E-state index contributed by atoms with van der Waals surface area (Å²) in [6.07, 6.45) is -0.911. The van der Waals surface area contributed by atoms with Gasteiger partial charge in [-0.3, -0.25) is 14.9 Å². The van der Waals surface area contributed by atoms with E-state index in [2.05, 4.69) is 5.32 Å². The maximum Gasteiger partial charge on any atom is 0.346 e. The average Bonchev–Trinajstić information content (AvgIpc) is 3.13. The number of para-hydroxylation sites is 1. The highest BCUT2D eigenvalue weighted by Crippen LogP contribution is 2.38. The second-order valence-electron chi connectivity index (χ2n) is 5.64. The molecule has 140 valence electrons. The predicted molar refractivity (Wildman–Crippen MR) is 93.8 cm³/mol. The first-order valence-electron chi connectivity index (χ1n) is 8.14. The molecular weight excluding hydrogens is 356 g/mol. The Balaban J connectivity index is 1.79. The van der Waals surface area contributed by atoms with Crippen molar-refractivity contribution < 1.29 is 28.7 Å². The van der Waals surface area contributed by atoms with E-state index in [0.29, 0.717) is 5.69 Å². The zero-order valence-electron chi connectivity index (χ0n) is 14.3. The summed E-state index contributed by atoms with van der Waals surface area (Å²) in [4.78, 5) is 35.4. The Kier molecular flexibility index (Phi) is 5.20. The summed E-state index contributed by atoms with van der Waals surface area (Å²) in [6.45, 7) is 1.57. The van der Waals surface area contributed by atoms with Gasteiger partial charge in [0.25, 0.3) is 11.6 Å². The van der Waals surface area contributed by atoms with Crippen LogP contribution in [0.3, 0.4) is 0 Å². The lowest BCUT2D eigenvalue weighted by molar-refractivity contribution is -0.385. The van der Waals surface area contributed by atoms with E-state index in [4.69, 9.17) is 14.2 Å². The molecule has 1 atom stereocenters. The highest BCUT2D eigenvalue weighted by Gasteiger charge is 2.30. The molecule has 1 aliphatic heterocycles. The summed E-state index contributed by atoms with van der Waals surface area (Å²) >= 11 is 0. The SMILES string of the molecule is CCC(OC(=O)c1cc2c(cc1[N+](=O)[O-])OCO2)C(=O)Nc1ccccc1. The largest absolute Gasteiger partial charge is 0.454 e. The third-order valence-electron chi connectivity index (χ3n) is 3.86. The lowest BCUT2D eigenvalue weighted by Gasteiger charge is -2.16. The number of benzene rings is 2. The maximum absolute atomic E-state index is 12.5. The molecule has 0 aliphatic carbocycles.